The van der Waals surface area contributed by atoms with E-state index in [-0.39, 0.29) is 6.04 Å². The van der Waals surface area contributed by atoms with E-state index in [4.69, 9.17) is 4.74 Å². The predicted molar refractivity (Wildman–Crippen MR) is 92.5 cm³/mol. The predicted octanol–water partition coefficient (Wildman–Crippen LogP) is 4.74. The summed E-state index contributed by atoms with van der Waals surface area (Å²) in [5.74, 6) is -0.398. The lowest BCUT2D eigenvalue weighted by Crippen LogP contribution is -2.27. The fourth-order valence-electron chi connectivity index (χ4n) is 2.11. The Labute approximate surface area is 141 Å². The first kappa shape index (κ1) is 17.7. The Morgan fingerprint density at radius 1 is 1.25 bits per heavy atom. The molecule has 0 fully saturated rings. The van der Waals surface area contributed by atoms with Crippen LogP contribution in [0.2, 0.25) is 0 Å². The fraction of sp³-hybridized carbons (Fsp3) is 0.333. The van der Waals surface area contributed by atoms with Gasteiger partial charge in [-0.05, 0) is 57.5 Å². The van der Waals surface area contributed by atoms with Crippen LogP contribution in [0.15, 0.2) is 42.7 Å². The van der Waals surface area contributed by atoms with Crippen LogP contribution < -0.4 is 10.6 Å². The lowest BCUT2D eigenvalue weighted by molar-refractivity contribution is 0.0636. The molecule has 0 spiro atoms. The monoisotopic (exact) mass is 331 g/mol. The first-order valence-electron chi connectivity index (χ1n) is 7.70. The molecule has 1 aromatic heterocycles. The molecule has 128 valence electrons. The number of benzene rings is 1. The third-order valence-electron chi connectivity index (χ3n) is 3.17. The minimum absolute atomic E-state index is 0.111. The van der Waals surface area contributed by atoms with Gasteiger partial charge in [-0.2, -0.15) is 0 Å². The highest BCUT2D eigenvalue weighted by Gasteiger charge is 2.18. The second kappa shape index (κ2) is 7.29. The van der Waals surface area contributed by atoms with E-state index >= 15 is 0 Å². The number of anilines is 2. The van der Waals surface area contributed by atoms with Crippen molar-refractivity contribution < 1.29 is 13.9 Å². The van der Waals surface area contributed by atoms with Crippen LogP contribution >= 0.6 is 0 Å². The molecule has 0 aliphatic carbocycles. The zero-order valence-corrected chi connectivity index (χ0v) is 14.3. The molecule has 1 heterocycles. The summed E-state index contributed by atoms with van der Waals surface area (Å²) in [7, 11) is 0. The smallest absolute Gasteiger partial charge is 0.412 e. The van der Waals surface area contributed by atoms with Crippen molar-refractivity contribution >= 4 is 17.5 Å². The van der Waals surface area contributed by atoms with E-state index in [0.717, 1.165) is 5.56 Å². The largest absolute Gasteiger partial charge is 0.444 e. The molecule has 0 aliphatic heterocycles. The van der Waals surface area contributed by atoms with Crippen molar-refractivity contribution in [1.29, 1.82) is 0 Å². The second-order valence-electron chi connectivity index (χ2n) is 6.47. The van der Waals surface area contributed by atoms with Crippen LogP contribution in [-0.4, -0.2) is 16.7 Å². The number of amides is 1. The topological polar surface area (TPSA) is 63.2 Å². The minimum atomic E-state index is -0.610. The van der Waals surface area contributed by atoms with Gasteiger partial charge in [-0.15, -0.1) is 0 Å². The summed E-state index contributed by atoms with van der Waals surface area (Å²) in [6.45, 7) is 7.27. The molecular formula is C18H22FN3O2. The number of hydrogen-bond donors (Lipinski definition) is 2. The van der Waals surface area contributed by atoms with Crippen molar-refractivity contribution in [2.24, 2.45) is 0 Å². The zero-order valence-electron chi connectivity index (χ0n) is 14.3. The quantitative estimate of drug-likeness (QED) is 0.849. The van der Waals surface area contributed by atoms with Gasteiger partial charge in [0.2, 0.25) is 0 Å². The normalized spacial score (nSPS) is 12.4. The van der Waals surface area contributed by atoms with E-state index in [1.54, 1.807) is 33.2 Å². The number of ether oxygens (including phenoxy) is 1. The molecule has 1 amide bonds. The third-order valence-corrected chi connectivity index (χ3v) is 3.17. The van der Waals surface area contributed by atoms with Gasteiger partial charge < -0.3 is 10.1 Å². The molecule has 0 saturated heterocycles. The highest BCUT2D eigenvalue weighted by atomic mass is 19.1. The molecule has 1 aromatic carbocycles. The summed E-state index contributed by atoms with van der Waals surface area (Å²) in [4.78, 5) is 16.0. The van der Waals surface area contributed by atoms with Crippen molar-refractivity contribution in [3.8, 4) is 0 Å². The number of rotatable bonds is 4. The van der Waals surface area contributed by atoms with E-state index < -0.39 is 17.5 Å². The van der Waals surface area contributed by atoms with Gasteiger partial charge in [-0.25, -0.2) is 9.18 Å². The summed E-state index contributed by atoms with van der Waals surface area (Å²) >= 11 is 0. The van der Waals surface area contributed by atoms with Crippen LogP contribution in [0.25, 0.3) is 0 Å². The number of carbonyl (C=O) groups is 1. The number of nitrogens with zero attached hydrogens (tertiary/aromatic N) is 1. The molecule has 24 heavy (non-hydrogen) atoms. The van der Waals surface area contributed by atoms with Crippen molar-refractivity contribution in [2.75, 3.05) is 10.6 Å². The summed E-state index contributed by atoms with van der Waals surface area (Å²) in [6, 6.07) is 7.76. The number of pyridine rings is 1. The van der Waals surface area contributed by atoms with Crippen LogP contribution in [0.5, 0.6) is 0 Å². The lowest BCUT2D eigenvalue weighted by atomic mass is 10.1. The van der Waals surface area contributed by atoms with Gasteiger partial charge in [-0.1, -0.05) is 6.07 Å². The van der Waals surface area contributed by atoms with Crippen LogP contribution in [-0.2, 0) is 4.74 Å². The summed E-state index contributed by atoms with van der Waals surface area (Å²) in [5, 5.41) is 5.83. The summed E-state index contributed by atoms with van der Waals surface area (Å²) in [5.41, 5.74) is 1.25. The maximum absolute atomic E-state index is 13.6. The second-order valence-corrected chi connectivity index (χ2v) is 6.47. The number of aromatic nitrogens is 1. The lowest BCUT2D eigenvalue weighted by Gasteiger charge is -2.22. The molecule has 2 aromatic rings. The first-order chi connectivity index (χ1) is 11.2. The van der Waals surface area contributed by atoms with Crippen LogP contribution in [0, 0.1) is 5.82 Å². The van der Waals surface area contributed by atoms with Crippen LogP contribution in [0.4, 0.5) is 20.6 Å². The highest BCUT2D eigenvalue weighted by molar-refractivity contribution is 5.89. The Kier molecular flexibility index (Phi) is 5.39. The number of halogens is 1. The Morgan fingerprint density at radius 3 is 2.62 bits per heavy atom. The van der Waals surface area contributed by atoms with Crippen molar-refractivity contribution in [1.82, 2.24) is 4.98 Å². The highest BCUT2D eigenvalue weighted by Crippen LogP contribution is 2.27. The first-order valence-corrected chi connectivity index (χ1v) is 7.70. The summed E-state index contributed by atoms with van der Waals surface area (Å²) < 4.78 is 18.8. The van der Waals surface area contributed by atoms with Gasteiger partial charge in [0, 0.05) is 12.4 Å². The van der Waals surface area contributed by atoms with Crippen molar-refractivity contribution in [2.45, 2.75) is 39.3 Å². The Bertz CT molecular complexity index is 699. The van der Waals surface area contributed by atoms with Crippen molar-refractivity contribution in [3.63, 3.8) is 0 Å². The van der Waals surface area contributed by atoms with E-state index in [0.29, 0.717) is 11.4 Å². The van der Waals surface area contributed by atoms with E-state index in [2.05, 4.69) is 15.6 Å². The Balaban J connectivity index is 2.17. The average Bonchev–Trinajstić information content (AvgIpc) is 2.49. The van der Waals surface area contributed by atoms with E-state index in [9.17, 15) is 9.18 Å². The number of hydrogen-bond acceptors (Lipinski definition) is 4. The van der Waals surface area contributed by atoms with Crippen LogP contribution in [0.3, 0.4) is 0 Å². The third kappa shape index (κ3) is 5.22. The molecule has 2 rings (SSSR count). The SMILES string of the molecule is CC(Nc1cc(F)ccc1NC(=O)OC(C)(C)C)c1cccnc1. The molecule has 0 aliphatic rings. The molecule has 0 saturated carbocycles. The zero-order chi connectivity index (χ0) is 17.7. The molecular weight excluding hydrogens is 309 g/mol. The molecule has 0 bridgehead atoms. The van der Waals surface area contributed by atoms with E-state index in [1.807, 2.05) is 19.1 Å². The molecule has 6 heteroatoms. The van der Waals surface area contributed by atoms with Gasteiger partial charge in [0.1, 0.15) is 11.4 Å². The molecule has 0 radical (unpaired) electrons. The number of nitrogens with one attached hydrogen (secondary N) is 2. The molecule has 5 nitrogen and oxygen atoms in total. The van der Waals surface area contributed by atoms with E-state index in [1.165, 1.54) is 18.2 Å². The average molecular weight is 331 g/mol. The Hall–Kier alpha value is -2.63. The maximum Gasteiger partial charge on any atom is 0.412 e. The van der Waals surface area contributed by atoms with Crippen molar-refractivity contribution in [3.05, 3.63) is 54.1 Å². The number of carbonyl (C=O) groups excluding carboxylic acids is 1. The summed E-state index contributed by atoms with van der Waals surface area (Å²) in [6.07, 6.45) is 2.83. The standard InChI is InChI=1S/C18H22FN3O2/c1-12(13-6-5-9-20-11-13)21-16-10-14(19)7-8-15(16)22-17(23)24-18(2,3)4/h5-12,21H,1-4H3,(H,22,23). The van der Waals surface area contributed by atoms with Gasteiger partial charge in [0.15, 0.2) is 0 Å². The van der Waals surface area contributed by atoms with Gasteiger partial charge >= 0.3 is 6.09 Å². The van der Waals surface area contributed by atoms with Gasteiger partial charge in [0.25, 0.3) is 0 Å². The molecule has 1 unspecified atom stereocenters. The fourth-order valence-corrected chi connectivity index (χ4v) is 2.11. The minimum Gasteiger partial charge on any atom is -0.444 e. The molecule has 2 N–H and O–H groups in total. The molecule has 1 atom stereocenters. The maximum atomic E-state index is 13.6. The van der Waals surface area contributed by atoms with Crippen LogP contribution in [0.1, 0.15) is 39.3 Å². The Morgan fingerprint density at radius 2 is 2.00 bits per heavy atom. The van der Waals surface area contributed by atoms with Gasteiger partial charge in [0.05, 0.1) is 17.4 Å². The van der Waals surface area contributed by atoms with Gasteiger partial charge in [-0.3, -0.25) is 10.3 Å².